The van der Waals surface area contributed by atoms with Gasteiger partial charge in [0, 0.05) is 11.5 Å². The second-order valence-corrected chi connectivity index (χ2v) is 5.02. The number of benzene rings is 2. The number of fused-ring (bicyclic) bond motifs is 1. The zero-order valence-electron chi connectivity index (χ0n) is 10.9. The average molecular weight is 226 g/mol. The molecule has 0 amide bonds. The predicted octanol–water partition coefficient (Wildman–Crippen LogP) is 4.30. The van der Waals surface area contributed by atoms with Gasteiger partial charge in [-0.1, -0.05) is 38.1 Å². The van der Waals surface area contributed by atoms with Gasteiger partial charge in [0.1, 0.15) is 0 Å². The molecule has 17 heavy (non-hydrogen) atoms. The minimum atomic E-state index is 0.0546. The Balaban J connectivity index is 2.58. The van der Waals surface area contributed by atoms with Crippen molar-refractivity contribution in [3.05, 3.63) is 47.0 Å². The molecule has 2 rings (SSSR count). The lowest BCUT2D eigenvalue weighted by molar-refractivity contribution is 0.0939. The maximum Gasteiger partial charge on any atom is 0.165 e. The quantitative estimate of drug-likeness (QED) is 0.698. The Morgan fingerprint density at radius 1 is 0.941 bits per heavy atom. The van der Waals surface area contributed by atoms with Crippen molar-refractivity contribution >= 4 is 16.6 Å². The molecule has 0 aliphatic rings. The zero-order valence-corrected chi connectivity index (χ0v) is 10.9. The van der Waals surface area contributed by atoms with E-state index in [9.17, 15) is 4.79 Å². The third kappa shape index (κ3) is 2.23. The SMILES string of the molecule is Cc1cc2ccc(C(=O)C(C)C)cc2cc1C. The maximum absolute atomic E-state index is 11.9. The molecule has 0 spiro atoms. The van der Waals surface area contributed by atoms with Crippen LogP contribution in [0.25, 0.3) is 10.8 Å². The molecule has 0 unspecified atom stereocenters. The number of ketones is 1. The summed E-state index contributed by atoms with van der Waals surface area (Å²) in [4.78, 5) is 11.9. The number of hydrogen-bond donors (Lipinski definition) is 0. The molecule has 0 fully saturated rings. The lowest BCUT2D eigenvalue weighted by Gasteiger charge is -2.08. The summed E-state index contributed by atoms with van der Waals surface area (Å²) in [5.41, 5.74) is 3.38. The number of aryl methyl sites for hydroxylation is 2. The van der Waals surface area contributed by atoms with E-state index in [2.05, 4.69) is 26.0 Å². The largest absolute Gasteiger partial charge is 0.294 e. The summed E-state index contributed by atoms with van der Waals surface area (Å²) >= 11 is 0. The van der Waals surface area contributed by atoms with E-state index in [1.807, 2.05) is 32.0 Å². The van der Waals surface area contributed by atoms with E-state index in [1.54, 1.807) is 0 Å². The number of rotatable bonds is 2. The van der Waals surface area contributed by atoms with E-state index in [-0.39, 0.29) is 11.7 Å². The predicted molar refractivity (Wildman–Crippen MR) is 72.6 cm³/mol. The Kier molecular flexibility index (Phi) is 3.01. The summed E-state index contributed by atoms with van der Waals surface area (Å²) in [5, 5.41) is 2.35. The van der Waals surface area contributed by atoms with Gasteiger partial charge in [0.05, 0.1) is 0 Å². The first-order valence-electron chi connectivity index (χ1n) is 6.04. The number of hydrogen-bond acceptors (Lipinski definition) is 1. The smallest absolute Gasteiger partial charge is 0.165 e. The molecular formula is C16H18O. The molecule has 1 nitrogen and oxygen atoms in total. The van der Waals surface area contributed by atoms with Gasteiger partial charge in [-0.05, 0) is 41.8 Å². The molecule has 0 aliphatic carbocycles. The van der Waals surface area contributed by atoms with Crippen LogP contribution in [0.1, 0.15) is 35.3 Å². The fraction of sp³-hybridized carbons (Fsp3) is 0.312. The fourth-order valence-corrected chi connectivity index (χ4v) is 2.01. The molecule has 2 aromatic rings. The van der Waals surface area contributed by atoms with Crippen LogP contribution < -0.4 is 0 Å². The van der Waals surface area contributed by atoms with Crippen molar-refractivity contribution in [2.24, 2.45) is 5.92 Å². The number of Topliss-reactive ketones (excluding diaryl/α,β-unsaturated/α-hetero) is 1. The summed E-state index contributed by atoms with van der Waals surface area (Å²) in [6, 6.07) is 10.3. The molecule has 88 valence electrons. The van der Waals surface area contributed by atoms with Crippen molar-refractivity contribution in [3.8, 4) is 0 Å². The molecule has 0 saturated heterocycles. The van der Waals surface area contributed by atoms with Crippen molar-refractivity contribution in [1.29, 1.82) is 0 Å². The van der Waals surface area contributed by atoms with Gasteiger partial charge >= 0.3 is 0 Å². The van der Waals surface area contributed by atoms with Crippen LogP contribution in [0.15, 0.2) is 30.3 Å². The van der Waals surface area contributed by atoms with Gasteiger partial charge in [0.15, 0.2) is 5.78 Å². The maximum atomic E-state index is 11.9. The second-order valence-electron chi connectivity index (χ2n) is 5.02. The van der Waals surface area contributed by atoms with Crippen LogP contribution in [-0.4, -0.2) is 5.78 Å². The summed E-state index contributed by atoms with van der Waals surface area (Å²) in [7, 11) is 0. The van der Waals surface area contributed by atoms with E-state index in [0.29, 0.717) is 0 Å². The van der Waals surface area contributed by atoms with Crippen molar-refractivity contribution in [2.45, 2.75) is 27.7 Å². The Bertz CT molecular complexity index is 579. The second kappa shape index (κ2) is 4.33. The first-order chi connectivity index (χ1) is 7.99. The normalized spacial score (nSPS) is 11.1. The van der Waals surface area contributed by atoms with Crippen LogP contribution in [0.2, 0.25) is 0 Å². The topological polar surface area (TPSA) is 17.1 Å². The van der Waals surface area contributed by atoms with E-state index < -0.39 is 0 Å². The summed E-state index contributed by atoms with van der Waals surface area (Å²) in [6.45, 7) is 8.09. The van der Waals surface area contributed by atoms with Crippen LogP contribution >= 0.6 is 0 Å². The molecule has 0 aromatic heterocycles. The first-order valence-corrected chi connectivity index (χ1v) is 6.04. The van der Waals surface area contributed by atoms with Gasteiger partial charge < -0.3 is 0 Å². The molecule has 0 aliphatic heterocycles. The minimum Gasteiger partial charge on any atom is -0.294 e. The van der Waals surface area contributed by atoms with Gasteiger partial charge in [-0.2, -0.15) is 0 Å². The summed E-state index contributed by atoms with van der Waals surface area (Å²) < 4.78 is 0. The molecule has 1 heteroatoms. The standard InChI is InChI=1S/C16H18O/c1-10(2)16(17)14-6-5-13-7-11(3)12(4)8-15(13)9-14/h5-10H,1-4H3. The van der Waals surface area contributed by atoms with E-state index in [4.69, 9.17) is 0 Å². The summed E-state index contributed by atoms with van der Waals surface area (Å²) in [5.74, 6) is 0.268. The van der Waals surface area contributed by atoms with Gasteiger partial charge in [-0.15, -0.1) is 0 Å². The molecule has 0 heterocycles. The Morgan fingerprint density at radius 3 is 2.12 bits per heavy atom. The Morgan fingerprint density at radius 2 is 1.53 bits per heavy atom. The molecule has 0 bridgehead atoms. The third-order valence-electron chi connectivity index (χ3n) is 3.26. The fourth-order valence-electron chi connectivity index (χ4n) is 2.01. The highest BCUT2D eigenvalue weighted by Crippen LogP contribution is 2.22. The van der Waals surface area contributed by atoms with Crippen LogP contribution in [-0.2, 0) is 0 Å². The lowest BCUT2D eigenvalue weighted by Crippen LogP contribution is -2.06. The molecule has 0 radical (unpaired) electrons. The summed E-state index contributed by atoms with van der Waals surface area (Å²) in [6.07, 6.45) is 0. The van der Waals surface area contributed by atoms with E-state index in [1.165, 1.54) is 16.5 Å². The minimum absolute atomic E-state index is 0.0546. The molecule has 2 aromatic carbocycles. The van der Waals surface area contributed by atoms with Crippen molar-refractivity contribution in [3.63, 3.8) is 0 Å². The monoisotopic (exact) mass is 226 g/mol. The van der Waals surface area contributed by atoms with Crippen molar-refractivity contribution < 1.29 is 4.79 Å². The highest BCUT2D eigenvalue weighted by molar-refractivity contribution is 6.01. The lowest BCUT2D eigenvalue weighted by atomic mass is 9.96. The zero-order chi connectivity index (χ0) is 12.6. The van der Waals surface area contributed by atoms with Crippen molar-refractivity contribution in [1.82, 2.24) is 0 Å². The van der Waals surface area contributed by atoms with Gasteiger partial charge in [0.2, 0.25) is 0 Å². The van der Waals surface area contributed by atoms with Crippen LogP contribution in [0.4, 0.5) is 0 Å². The van der Waals surface area contributed by atoms with Crippen LogP contribution in [0, 0.1) is 19.8 Å². The Hall–Kier alpha value is -1.63. The average Bonchev–Trinajstić information content (AvgIpc) is 2.29. The third-order valence-corrected chi connectivity index (χ3v) is 3.26. The molecule has 0 saturated carbocycles. The highest BCUT2D eigenvalue weighted by Gasteiger charge is 2.10. The van der Waals surface area contributed by atoms with E-state index in [0.717, 1.165) is 10.9 Å². The number of carbonyl (C=O) groups excluding carboxylic acids is 1. The Labute approximate surface area is 102 Å². The molecule has 0 atom stereocenters. The van der Waals surface area contributed by atoms with Crippen LogP contribution in [0.3, 0.4) is 0 Å². The van der Waals surface area contributed by atoms with Gasteiger partial charge in [-0.25, -0.2) is 0 Å². The van der Waals surface area contributed by atoms with Gasteiger partial charge in [-0.3, -0.25) is 4.79 Å². The van der Waals surface area contributed by atoms with Crippen molar-refractivity contribution in [2.75, 3.05) is 0 Å². The van der Waals surface area contributed by atoms with Crippen LogP contribution in [0.5, 0.6) is 0 Å². The number of carbonyl (C=O) groups is 1. The van der Waals surface area contributed by atoms with Gasteiger partial charge in [0.25, 0.3) is 0 Å². The molecular weight excluding hydrogens is 208 g/mol. The first kappa shape index (κ1) is 11.8. The molecule has 0 N–H and O–H groups in total. The highest BCUT2D eigenvalue weighted by atomic mass is 16.1. The van der Waals surface area contributed by atoms with E-state index >= 15 is 0 Å².